The number of hydrogen-bond donors (Lipinski definition) is 1. The van der Waals surface area contributed by atoms with Gasteiger partial charge in [0.2, 0.25) is 0 Å². The van der Waals surface area contributed by atoms with Crippen LogP contribution in [0, 0.1) is 0 Å². The SMILES string of the molecule is CC1(C)CN(Cc2ccc(C(=O)O)cc2Cl)CCO1. The number of halogens is 1. The van der Waals surface area contributed by atoms with E-state index in [1.807, 2.05) is 0 Å². The molecule has 0 spiro atoms. The molecule has 4 nitrogen and oxygen atoms in total. The molecule has 2 rings (SSSR count). The van der Waals surface area contributed by atoms with Gasteiger partial charge in [0, 0.05) is 24.7 Å². The van der Waals surface area contributed by atoms with Crippen molar-refractivity contribution in [2.75, 3.05) is 19.7 Å². The van der Waals surface area contributed by atoms with E-state index < -0.39 is 5.97 Å². The highest BCUT2D eigenvalue weighted by Crippen LogP contribution is 2.23. The summed E-state index contributed by atoms with van der Waals surface area (Å²) in [5, 5.41) is 9.41. The van der Waals surface area contributed by atoms with Gasteiger partial charge < -0.3 is 9.84 Å². The van der Waals surface area contributed by atoms with Crippen LogP contribution in [0.4, 0.5) is 0 Å². The van der Waals surface area contributed by atoms with E-state index in [1.54, 1.807) is 12.1 Å². The summed E-state index contributed by atoms with van der Waals surface area (Å²) in [4.78, 5) is 13.1. The van der Waals surface area contributed by atoms with E-state index in [4.69, 9.17) is 21.4 Å². The molecule has 1 N–H and O–H groups in total. The van der Waals surface area contributed by atoms with Gasteiger partial charge >= 0.3 is 5.97 Å². The van der Waals surface area contributed by atoms with Gasteiger partial charge in [-0.15, -0.1) is 0 Å². The lowest BCUT2D eigenvalue weighted by Crippen LogP contribution is -2.47. The van der Waals surface area contributed by atoms with E-state index in [1.165, 1.54) is 6.07 Å². The second-order valence-corrected chi connectivity index (χ2v) is 5.84. The third kappa shape index (κ3) is 3.69. The van der Waals surface area contributed by atoms with Crippen LogP contribution in [0.5, 0.6) is 0 Å². The Kier molecular flexibility index (Phi) is 4.13. The zero-order valence-corrected chi connectivity index (χ0v) is 11.9. The van der Waals surface area contributed by atoms with Crippen molar-refractivity contribution in [1.82, 2.24) is 4.90 Å². The van der Waals surface area contributed by atoms with Crippen molar-refractivity contribution < 1.29 is 14.6 Å². The van der Waals surface area contributed by atoms with E-state index in [9.17, 15) is 4.79 Å². The number of benzene rings is 1. The molecule has 0 unspecified atom stereocenters. The summed E-state index contributed by atoms with van der Waals surface area (Å²) in [6.45, 7) is 7.25. The largest absolute Gasteiger partial charge is 0.478 e. The molecule has 0 aromatic heterocycles. The molecule has 104 valence electrons. The van der Waals surface area contributed by atoms with Crippen molar-refractivity contribution in [1.29, 1.82) is 0 Å². The predicted octanol–water partition coefficient (Wildman–Crippen LogP) is 2.65. The van der Waals surface area contributed by atoms with E-state index in [0.29, 0.717) is 18.2 Å². The maximum Gasteiger partial charge on any atom is 0.335 e. The molecule has 1 saturated heterocycles. The average Bonchev–Trinajstić information content (AvgIpc) is 2.30. The van der Waals surface area contributed by atoms with E-state index >= 15 is 0 Å². The van der Waals surface area contributed by atoms with Gasteiger partial charge in [-0.1, -0.05) is 17.7 Å². The number of aromatic carboxylic acids is 1. The van der Waals surface area contributed by atoms with Crippen molar-refractivity contribution >= 4 is 17.6 Å². The Labute approximate surface area is 117 Å². The third-order valence-electron chi connectivity index (χ3n) is 3.20. The minimum atomic E-state index is -0.957. The smallest absolute Gasteiger partial charge is 0.335 e. The fourth-order valence-corrected chi connectivity index (χ4v) is 2.54. The lowest BCUT2D eigenvalue weighted by atomic mass is 10.1. The van der Waals surface area contributed by atoms with E-state index in [0.717, 1.165) is 18.7 Å². The summed E-state index contributed by atoms with van der Waals surface area (Å²) in [5.41, 5.74) is 1.02. The standard InChI is InChI=1S/C14H18ClNO3/c1-14(2)9-16(5-6-19-14)8-11-4-3-10(13(17)18)7-12(11)15/h3-4,7H,5-6,8-9H2,1-2H3,(H,17,18). The Bertz CT molecular complexity index is 488. The molecule has 19 heavy (non-hydrogen) atoms. The average molecular weight is 284 g/mol. The fraction of sp³-hybridized carbons (Fsp3) is 0.500. The summed E-state index contributed by atoms with van der Waals surface area (Å²) >= 11 is 6.14. The van der Waals surface area contributed by atoms with Crippen LogP contribution < -0.4 is 0 Å². The van der Waals surface area contributed by atoms with Gasteiger partial charge in [-0.05, 0) is 31.5 Å². The quantitative estimate of drug-likeness (QED) is 0.926. The molecule has 0 bridgehead atoms. The normalized spacial score (nSPS) is 19.3. The summed E-state index contributed by atoms with van der Waals surface area (Å²) in [7, 11) is 0. The molecular formula is C14H18ClNO3. The monoisotopic (exact) mass is 283 g/mol. The lowest BCUT2D eigenvalue weighted by molar-refractivity contribution is -0.0882. The van der Waals surface area contributed by atoms with Gasteiger partial charge in [-0.2, -0.15) is 0 Å². The molecule has 0 radical (unpaired) electrons. The van der Waals surface area contributed by atoms with Crippen LogP contribution in [0.1, 0.15) is 29.8 Å². The number of carboxylic acid groups (broad SMARTS) is 1. The zero-order chi connectivity index (χ0) is 14.0. The Morgan fingerprint density at radius 1 is 1.53 bits per heavy atom. The first-order valence-corrected chi connectivity index (χ1v) is 6.63. The first-order chi connectivity index (χ1) is 8.87. The van der Waals surface area contributed by atoms with Crippen LogP contribution in [0.3, 0.4) is 0 Å². The predicted molar refractivity (Wildman–Crippen MR) is 73.7 cm³/mol. The molecule has 1 aliphatic rings. The van der Waals surface area contributed by atoms with Crippen molar-refractivity contribution in [2.45, 2.75) is 26.0 Å². The highest BCUT2D eigenvalue weighted by atomic mass is 35.5. The summed E-state index contributed by atoms with van der Waals surface area (Å²) in [5.74, 6) is -0.957. The van der Waals surface area contributed by atoms with Crippen LogP contribution in [0.25, 0.3) is 0 Å². The lowest BCUT2D eigenvalue weighted by Gasteiger charge is -2.38. The van der Waals surface area contributed by atoms with Gasteiger partial charge in [-0.3, -0.25) is 4.90 Å². The van der Waals surface area contributed by atoms with Gasteiger partial charge in [0.15, 0.2) is 0 Å². The Hall–Kier alpha value is -1.10. The van der Waals surface area contributed by atoms with Crippen molar-refractivity contribution in [2.24, 2.45) is 0 Å². The topological polar surface area (TPSA) is 49.8 Å². The summed E-state index contributed by atoms with van der Waals surface area (Å²) in [6, 6.07) is 4.88. The minimum absolute atomic E-state index is 0.147. The minimum Gasteiger partial charge on any atom is -0.478 e. The molecule has 0 amide bonds. The van der Waals surface area contributed by atoms with Crippen molar-refractivity contribution in [3.63, 3.8) is 0 Å². The number of carbonyl (C=O) groups is 1. The molecule has 0 atom stereocenters. The number of carboxylic acids is 1. The van der Waals surface area contributed by atoms with E-state index in [-0.39, 0.29) is 11.2 Å². The van der Waals surface area contributed by atoms with Crippen molar-refractivity contribution in [3.05, 3.63) is 34.3 Å². The van der Waals surface area contributed by atoms with Gasteiger partial charge in [0.25, 0.3) is 0 Å². The molecule has 1 heterocycles. The molecule has 1 aromatic carbocycles. The van der Waals surface area contributed by atoms with Crippen LogP contribution in [0.15, 0.2) is 18.2 Å². The maximum absolute atomic E-state index is 10.9. The van der Waals surface area contributed by atoms with Crippen LogP contribution in [-0.4, -0.2) is 41.3 Å². The molecule has 0 aliphatic carbocycles. The van der Waals surface area contributed by atoms with E-state index in [2.05, 4.69) is 18.7 Å². The van der Waals surface area contributed by atoms with Crippen molar-refractivity contribution in [3.8, 4) is 0 Å². The fourth-order valence-electron chi connectivity index (χ4n) is 2.30. The number of rotatable bonds is 3. The molecular weight excluding hydrogens is 266 g/mol. The molecule has 1 aromatic rings. The first kappa shape index (κ1) is 14.3. The molecule has 0 saturated carbocycles. The van der Waals surface area contributed by atoms with Crippen LogP contribution in [-0.2, 0) is 11.3 Å². The molecule has 1 fully saturated rings. The Morgan fingerprint density at radius 3 is 2.84 bits per heavy atom. The van der Waals surface area contributed by atoms with Gasteiger partial charge in [0.1, 0.15) is 0 Å². The highest BCUT2D eigenvalue weighted by Gasteiger charge is 2.27. The van der Waals surface area contributed by atoms with Gasteiger partial charge in [-0.25, -0.2) is 4.79 Å². The van der Waals surface area contributed by atoms with Crippen LogP contribution >= 0.6 is 11.6 Å². The van der Waals surface area contributed by atoms with Gasteiger partial charge in [0.05, 0.1) is 17.8 Å². The Morgan fingerprint density at radius 2 is 2.26 bits per heavy atom. The second kappa shape index (κ2) is 5.49. The number of ether oxygens (including phenoxy) is 1. The maximum atomic E-state index is 10.9. The summed E-state index contributed by atoms with van der Waals surface area (Å²) < 4.78 is 5.66. The Balaban J connectivity index is 2.09. The molecule has 5 heteroatoms. The highest BCUT2D eigenvalue weighted by molar-refractivity contribution is 6.31. The zero-order valence-electron chi connectivity index (χ0n) is 11.1. The second-order valence-electron chi connectivity index (χ2n) is 5.43. The number of nitrogens with zero attached hydrogens (tertiary/aromatic N) is 1. The number of morpholine rings is 1. The first-order valence-electron chi connectivity index (χ1n) is 6.25. The molecule has 1 aliphatic heterocycles. The van der Waals surface area contributed by atoms with Crippen LogP contribution in [0.2, 0.25) is 5.02 Å². The summed E-state index contributed by atoms with van der Waals surface area (Å²) in [6.07, 6.45) is 0. The third-order valence-corrected chi connectivity index (χ3v) is 3.55. The number of hydrogen-bond acceptors (Lipinski definition) is 3.